The maximum Gasteiger partial charge on any atom is 0.197 e. The summed E-state index contributed by atoms with van der Waals surface area (Å²) in [6.45, 7) is 14.4. The predicted molar refractivity (Wildman–Crippen MR) is 137 cm³/mol. The van der Waals surface area contributed by atoms with Gasteiger partial charge in [0, 0.05) is 49.4 Å². The molecule has 1 saturated heterocycles. The van der Waals surface area contributed by atoms with E-state index in [9.17, 15) is 0 Å². The molecule has 0 amide bonds. The molecule has 4 aromatic rings. The van der Waals surface area contributed by atoms with E-state index < -0.39 is 0 Å². The first-order valence-electron chi connectivity index (χ1n) is 12.3. The zero-order valence-corrected chi connectivity index (χ0v) is 21.3. The van der Waals surface area contributed by atoms with Crippen molar-refractivity contribution in [2.45, 2.75) is 46.6 Å². The Hall–Kier alpha value is -3.20. The number of aromatic nitrogens is 5. The van der Waals surface area contributed by atoms with Gasteiger partial charge in [0.05, 0.1) is 24.5 Å². The monoisotopic (exact) mass is 479 g/mol. The fourth-order valence-corrected chi connectivity index (χ4v) is 5.38. The molecule has 0 unspecified atom stereocenters. The van der Waals surface area contributed by atoms with E-state index in [1.54, 1.807) is 17.8 Å². The summed E-state index contributed by atoms with van der Waals surface area (Å²) in [6, 6.07) is 2.10. The Balaban J connectivity index is 1.60. The van der Waals surface area contributed by atoms with Gasteiger partial charge in [-0.05, 0) is 30.4 Å². The third kappa shape index (κ3) is 4.11. The quantitative estimate of drug-likeness (QED) is 0.432. The van der Waals surface area contributed by atoms with Crippen LogP contribution in [0.5, 0.6) is 5.75 Å². The fraction of sp³-hybridized carbons (Fsp3) is 0.500. The van der Waals surface area contributed by atoms with Crippen LogP contribution in [0.4, 0.5) is 10.2 Å². The lowest BCUT2D eigenvalue weighted by Crippen LogP contribution is -2.53. The van der Waals surface area contributed by atoms with E-state index in [4.69, 9.17) is 4.74 Å². The van der Waals surface area contributed by atoms with E-state index in [0.717, 1.165) is 43.0 Å². The van der Waals surface area contributed by atoms with Gasteiger partial charge in [-0.15, -0.1) is 0 Å². The highest BCUT2D eigenvalue weighted by molar-refractivity contribution is 5.93. The Morgan fingerprint density at radius 3 is 2.69 bits per heavy atom. The van der Waals surface area contributed by atoms with E-state index in [1.165, 1.54) is 6.33 Å². The van der Waals surface area contributed by atoms with E-state index >= 15 is 4.39 Å². The van der Waals surface area contributed by atoms with Gasteiger partial charge >= 0.3 is 0 Å². The van der Waals surface area contributed by atoms with Gasteiger partial charge in [-0.1, -0.05) is 27.7 Å². The van der Waals surface area contributed by atoms with Gasteiger partial charge < -0.3 is 14.6 Å². The Morgan fingerprint density at radius 2 is 2.00 bits per heavy atom. The van der Waals surface area contributed by atoms with Crippen molar-refractivity contribution in [3.8, 4) is 17.0 Å². The topological polar surface area (TPSA) is 74.6 Å². The summed E-state index contributed by atoms with van der Waals surface area (Å²) < 4.78 is 23.5. The maximum atomic E-state index is 16.2. The summed E-state index contributed by atoms with van der Waals surface area (Å²) in [7, 11) is 1.61. The number of ether oxygens (including phenoxy) is 1. The minimum Gasteiger partial charge on any atom is -0.493 e. The smallest absolute Gasteiger partial charge is 0.197 e. The number of fused-ring (bicyclic) bond motifs is 2. The Morgan fingerprint density at radius 1 is 1.20 bits per heavy atom. The molecule has 1 N–H and O–H groups in total. The van der Waals surface area contributed by atoms with Crippen molar-refractivity contribution in [1.29, 1.82) is 0 Å². The fourth-order valence-electron chi connectivity index (χ4n) is 5.38. The van der Waals surface area contributed by atoms with Crippen LogP contribution >= 0.6 is 0 Å². The van der Waals surface area contributed by atoms with Crippen LogP contribution in [0.25, 0.3) is 27.8 Å². The first-order chi connectivity index (χ1) is 16.8. The molecule has 0 aromatic carbocycles. The molecule has 1 aliphatic rings. The van der Waals surface area contributed by atoms with Crippen molar-refractivity contribution < 1.29 is 9.13 Å². The summed E-state index contributed by atoms with van der Waals surface area (Å²) in [5.41, 5.74) is 3.95. The number of nitrogens with zero attached hydrogens (tertiary/aromatic N) is 6. The van der Waals surface area contributed by atoms with Gasteiger partial charge in [0.1, 0.15) is 6.33 Å². The van der Waals surface area contributed by atoms with E-state index in [0.29, 0.717) is 34.0 Å². The van der Waals surface area contributed by atoms with E-state index in [2.05, 4.69) is 64.5 Å². The average molecular weight is 480 g/mol. The lowest BCUT2D eigenvalue weighted by molar-refractivity contribution is 0.205. The molecule has 0 aliphatic carbocycles. The number of halogens is 1. The number of methoxy groups -OCH3 is 1. The second-order valence-electron chi connectivity index (χ2n) is 10.3. The number of aromatic amines is 1. The second-order valence-corrected chi connectivity index (χ2v) is 10.3. The molecule has 0 bridgehead atoms. The second kappa shape index (κ2) is 9.11. The molecule has 1 atom stereocenters. The van der Waals surface area contributed by atoms with Crippen LogP contribution in [0, 0.1) is 11.7 Å². The van der Waals surface area contributed by atoms with Crippen LogP contribution in [0.2, 0.25) is 0 Å². The molecule has 1 fully saturated rings. The molecule has 1 aliphatic heterocycles. The molecule has 186 valence electrons. The number of anilines is 1. The first-order valence-corrected chi connectivity index (χ1v) is 12.3. The summed E-state index contributed by atoms with van der Waals surface area (Å²) in [5.74, 6) is 1.49. The Labute approximate surface area is 205 Å². The molecule has 0 spiro atoms. The van der Waals surface area contributed by atoms with Crippen LogP contribution in [0.15, 0.2) is 24.8 Å². The van der Waals surface area contributed by atoms with Gasteiger partial charge in [0.2, 0.25) is 0 Å². The molecule has 9 heteroatoms. The number of pyridine rings is 2. The molecular weight excluding hydrogens is 445 g/mol. The van der Waals surface area contributed by atoms with Crippen molar-refractivity contribution in [2.75, 3.05) is 38.2 Å². The van der Waals surface area contributed by atoms with Crippen molar-refractivity contribution in [3.05, 3.63) is 36.2 Å². The normalized spacial score (nSPS) is 17.4. The summed E-state index contributed by atoms with van der Waals surface area (Å²) in [4.78, 5) is 16.9. The number of piperazine rings is 1. The van der Waals surface area contributed by atoms with E-state index in [-0.39, 0.29) is 17.8 Å². The molecule has 0 radical (unpaired) electrons. The summed E-state index contributed by atoms with van der Waals surface area (Å²) in [6.07, 6.45) is 5.15. The lowest BCUT2D eigenvalue weighted by Gasteiger charge is -2.41. The number of H-pyrrole nitrogens is 1. The molecule has 0 saturated carbocycles. The van der Waals surface area contributed by atoms with Crippen molar-refractivity contribution >= 4 is 22.4 Å². The number of nitrogens with one attached hydrogen (secondary N) is 1. The first kappa shape index (κ1) is 23.5. The van der Waals surface area contributed by atoms with Crippen molar-refractivity contribution in [1.82, 2.24) is 29.5 Å². The third-order valence-corrected chi connectivity index (χ3v) is 6.83. The number of rotatable bonds is 6. The van der Waals surface area contributed by atoms with Crippen LogP contribution in [0.1, 0.15) is 46.1 Å². The standard InChI is InChI=1S/C26H34FN7O/c1-15(2)11-32-7-8-33(17(5)12-32)26-23(27)22-19(10-28-26)31-24(21(22)16(3)4)18-9-20(35-6)25-29-14-30-34(25)13-18/h9-10,13-17,31H,7-8,11-12H2,1-6H3/t17-/m1/s1. The predicted octanol–water partition coefficient (Wildman–Crippen LogP) is 4.71. The zero-order chi connectivity index (χ0) is 24.9. The van der Waals surface area contributed by atoms with Crippen LogP contribution in [0.3, 0.4) is 0 Å². The van der Waals surface area contributed by atoms with Gasteiger partial charge in [0.15, 0.2) is 23.0 Å². The number of hydrogen-bond donors (Lipinski definition) is 1. The summed E-state index contributed by atoms with van der Waals surface area (Å²) >= 11 is 0. The molecule has 5 heterocycles. The maximum absolute atomic E-state index is 16.2. The number of hydrogen-bond acceptors (Lipinski definition) is 6. The largest absolute Gasteiger partial charge is 0.493 e. The molecular formula is C26H34FN7O. The van der Waals surface area contributed by atoms with E-state index in [1.807, 2.05) is 12.3 Å². The molecule has 8 nitrogen and oxygen atoms in total. The van der Waals surface area contributed by atoms with Crippen LogP contribution in [-0.2, 0) is 0 Å². The highest BCUT2D eigenvalue weighted by Crippen LogP contribution is 2.40. The van der Waals surface area contributed by atoms with Gasteiger partial charge in [-0.3, -0.25) is 4.90 Å². The third-order valence-electron chi connectivity index (χ3n) is 6.83. The lowest BCUT2D eigenvalue weighted by atomic mass is 9.96. The van der Waals surface area contributed by atoms with Crippen molar-refractivity contribution in [2.24, 2.45) is 5.92 Å². The molecule has 4 aromatic heterocycles. The van der Waals surface area contributed by atoms with Gasteiger partial charge in [-0.25, -0.2) is 18.9 Å². The zero-order valence-electron chi connectivity index (χ0n) is 21.3. The highest BCUT2D eigenvalue weighted by atomic mass is 19.1. The van der Waals surface area contributed by atoms with Crippen molar-refractivity contribution in [3.63, 3.8) is 0 Å². The van der Waals surface area contributed by atoms with Crippen LogP contribution < -0.4 is 9.64 Å². The summed E-state index contributed by atoms with van der Waals surface area (Å²) in [5, 5.41) is 4.89. The minimum absolute atomic E-state index is 0.0845. The minimum atomic E-state index is -0.258. The SMILES string of the molecule is COc1cc(-c2[nH]c3cnc(N4CCN(CC(C)C)C[C@H]4C)c(F)c3c2C(C)C)cn2ncnc12. The Bertz CT molecular complexity index is 1360. The van der Waals surface area contributed by atoms with Crippen LogP contribution in [-0.4, -0.2) is 68.8 Å². The Kier molecular flexibility index (Phi) is 6.13. The van der Waals surface area contributed by atoms with Gasteiger partial charge in [-0.2, -0.15) is 5.10 Å². The highest BCUT2D eigenvalue weighted by Gasteiger charge is 2.30. The molecule has 5 rings (SSSR count). The van der Waals surface area contributed by atoms with Gasteiger partial charge in [0.25, 0.3) is 0 Å². The molecule has 35 heavy (non-hydrogen) atoms. The average Bonchev–Trinajstić information content (AvgIpc) is 3.44.